The van der Waals surface area contributed by atoms with Gasteiger partial charge in [0.25, 0.3) is 11.8 Å². The van der Waals surface area contributed by atoms with Gasteiger partial charge < -0.3 is 10.2 Å². The Balaban J connectivity index is 1.60. The predicted octanol–water partition coefficient (Wildman–Crippen LogP) is 3.89. The fourth-order valence-electron chi connectivity index (χ4n) is 4.16. The first-order valence-electron chi connectivity index (χ1n) is 10.7. The Kier molecular flexibility index (Phi) is 6.43. The highest BCUT2D eigenvalue weighted by Gasteiger charge is 2.47. The van der Waals surface area contributed by atoms with Crippen molar-refractivity contribution in [1.29, 1.82) is 0 Å². The lowest BCUT2D eigenvalue weighted by Crippen LogP contribution is -2.57. The molecular weight excluding hydrogens is 473 g/mol. The molecule has 35 heavy (non-hydrogen) atoms. The number of hydrogen-bond acceptors (Lipinski definition) is 6. The van der Waals surface area contributed by atoms with E-state index in [1.807, 2.05) is 0 Å². The van der Waals surface area contributed by atoms with Crippen molar-refractivity contribution in [3.05, 3.63) is 54.4 Å². The van der Waals surface area contributed by atoms with Gasteiger partial charge in [0.15, 0.2) is 5.69 Å². The van der Waals surface area contributed by atoms with Crippen molar-refractivity contribution in [3.63, 3.8) is 0 Å². The standard InChI is InChI=1S/C22H22F5N7O/c1-13-6-21(23,24)12-34(17(13)10-31-20-29-8-15(9-30-20)22(25,26)27)19(35)18-16(11-33(2)32-18)14-4-3-5-28-7-14/h3-5,7-9,11,13,17H,6,10,12H2,1-2H3,(H,29,30,31). The van der Waals surface area contributed by atoms with Crippen LogP contribution in [-0.4, -0.2) is 60.6 Å². The number of carbonyl (C=O) groups excluding carboxylic acids is 1. The molecule has 0 spiro atoms. The van der Waals surface area contributed by atoms with Crippen molar-refractivity contribution >= 4 is 11.9 Å². The van der Waals surface area contributed by atoms with Gasteiger partial charge in [-0.2, -0.15) is 18.3 Å². The Labute approximate surface area is 197 Å². The molecule has 1 N–H and O–H groups in total. The number of nitrogens with zero attached hydrogens (tertiary/aromatic N) is 6. The summed E-state index contributed by atoms with van der Waals surface area (Å²) in [5, 5.41) is 7.00. The Morgan fingerprint density at radius 3 is 2.57 bits per heavy atom. The normalized spacial score (nSPS) is 20.0. The molecule has 4 rings (SSSR count). The van der Waals surface area contributed by atoms with E-state index in [4.69, 9.17) is 0 Å². The van der Waals surface area contributed by atoms with Crippen molar-refractivity contribution < 1.29 is 26.7 Å². The van der Waals surface area contributed by atoms with Crippen molar-refractivity contribution in [2.24, 2.45) is 13.0 Å². The maximum Gasteiger partial charge on any atom is 0.419 e. The number of amides is 1. The van der Waals surface area contributed by atoms with Gasteiger partial charge in [0, 0.05) is 62.1 Å². The van der Waals surface area contributed by atoms with Crippen LogP contribution in [0.15, 0.2) is 43.1 Å². The second-order valence-electron chi connectivity index (χ2n) is 8.52. The van der Waals surface area contributed by atoms with Crippen LogP contribution in [0.4, 0.5) is 27.9 Å². The van der Waals surface area contributed by atoms with E-state index in [-0.39, 0.29) is 18.2 Å². The van der Waals surface area contributed by atoms with Gasteiger partial charge >= 0.3 is 6.18 Å². The summed E-state index contributed by atoms with van der Waals surface area (Å²) in [4.78, 5) is 25.9. The van der Waals surface area contributed by atoms with Gasteiger partial charge in [-0.15, -0.1) is 0 Å². The molecule has 1 amide bonds. The molecular formula is C22H22F5N7O. The predicted molar refractivity (Wildman–Crippen MR) is 116 cm³/mol. The van der Waals surface area contributed by atoms with Crippen LogP contribution >= 0.6 is 0 Å². The summed E-state index contributed by atoms with van der Waals surface area (Å²) < 4.78 is 68.7. The Hall–Kier alpha value is -3.64. The van der Waals surface area contributed by atoms with Crippen molar-refractivity contribution in [2.45, 2.75) is 31.5 Å². The van der Waals surface area contributed by atoms with Crippen LogP contribution < -0.4 is 5.32 Å². The summed E-state index contributed by atoms with van der Waals surface area (Å²) in [7, 11) is 1.62. The summed E-state index contributed by atoms with van der Waals surface area (Å²) >= 11 is 0. The van der Waals surface area contributed by atoms with Crippen LogP contribution in [-0.2, 0) is 13.2 Å². The SMILES string of the molecule is CC1CC(F)(F)CN(C(=O)c2nn(C)cc2-c2cccnc2)C1CNc1ncc(C(F)(F)F)cn1. The van der Waals surface area contributed by atoms with E-state index < -0.39 is 48.5 Å². The van der Waals surface area contributed by atoms with Crippen LogP contribution in [0.2, 0.25) is 0 Å². The fourth-order valence-corrected chi connectivity index (χ4v) is 4.16. The third-order valence-corrected chi connectivity index (χ3v) is 5.79. The lowest BCUT2D eigenvalue weighted by molar-refractivity contribution is -0.138. The second-order valence-corrected chi connectivity index (χ2v) is 8.52. The number of nitrogens with one attached hydrogen (secondary N) is 1. The Bertz CT molecular complexity index is 1180. The summed E-state index contributed by atoms with van der Waals surface area (Å²) in [5.74, 6) is -4.53. The van der Waals surface area contributed by atoms with Gasteiger partial charge in [-0.05, 0) is 12.0 Å². The average molecular weight is 495 g/mol. The summed E-state index contributed by atoms with van der Waals surface area (Å²) in [6.45, 7) is 0.733. The van der Waals surface area contributed by atoms with E-state index in [1.165, 1.54) is 4.68 Å². The van der Waals surface area contributed by atoms with Crippen LogP contribution in [0.3, 0.4) is 0 Å². The molecule has 1 aliphatic heterocycles. The van der Waals surface area contributed by atoms with Crippen molar-refractivity contribution in [1.82, 2.24) is 29.6 Å². The molecule has 1 aliphatic rings. The van der Waals surface area contributed by atoms with E-state index in [1.54, 1.807) is 44.7 Å². The summed E-state index contributed by atoms with van der Waals surface area (Å²) in [6.07, 6.45) is 0.949. The molecule has 8 nitrogen and oxygen atoms in total. The Morgan fingerprint density at radius 2 is 1.94 bits per heavy atom. The lowest BCUT2D eigenvalue weighted by atomic mass is 9.88. The quantitative estimate of drug-likeness (QED) is 0.541. The minimum Gasteiger partial charge on any atom is -0.352 e. The molecule has 0 saturated carbocycles. The first kappa shape index (κ1) is 24.5. The van der Waals surface area contributed by atoms with E-state index in [9.17, 15) is 26.7 Å². The van der Waals surface area contributed by atoms with Gasteiger partial charge in [-0.3, -0.25) is 14.5 Å². The largest absolute Gasteiger partial charge is 0.419 e. The Morgan fingerprint density at radius 1 is 1.23 bits per heavy atom. The molecule has 2 atom stereocenters. The number of halogens is 5. The molecule has 0 bridgehead atoms. The third kappa shape index (κ3) is 5.38. The highest BCUT2D eigenvalue weighted by Crippen LogP contribution is 2.36. The van der Waals surface area contributed by atoms with Gasteiger partial charge in [0.1, 0.15) is 0 Å². The van der Waals surface area contributed by atoms with Gasteiger partial charge in [-0.1, -0.05) is 13.0 Å². The van der Waals surface area contributed by atoms with E-state index in [0.29, 0.717) is 23.5 Å². The van der Waals surface area contributed by atoms with Gasteiger partial charge in [0.2, 0.25) is 5.95 Å². The second kappa shape index (κ2) is 9.19. The molecule has 13 heteroatoms. The monoisotopic (exact) mass is 495 g/mol. The average Bonchev–Trinajstić information content (AvgIpc) is 3.19. The van der Waals surface area contributed by atoms with Crippen LogP contribution in [0, 0.1) is 5.92 Å². The number of aromatic nitrogens is 5. The lowest BCUT2D eigenvalue weighted by Gasteiger charge is -2.43. The van der Waals surface area contributed by atoms with Gasteiger partial charge in [-0.25, -0.2) is 18.7 Å². The van der Waals surface area contributed by atoms with Gasteiger partial charge in [0.05, 0.1) is 18.2 Å². The van der Waals surface area contributed by atoms with Crippen molar-refractivity contribution in [3.8, 4) is 11.1 Å². The molecule has 4 heterocycles. The highest BCUT2D eigenvalue weighted by atomic mass is 19.4. The molecule has 0 radical (unpaired) electrons. The molecule has 3 aromatic rings. The molecule has 1 fully saturated rings. The first-order valence-corrected chi connectivity index (χ1v) is 10.7. The molecule has 1 saturated heterocycles. The number of pyridine rings is 1. The number of alkyl halides is 5. The third-order valence-electron chi connectivity index (χ3n) is 5.79. The first-order chi connectivity index (χ1) is 16.4. The van der Waals surface area contributed by atoms with Crippen LogP contribution in [0.1, 0.15) is 29.4 Å². The highest BCUT2D eigenvalue weighted by molar-refractivity contribution is 5.99. The summed E-state index contributed by atoms with van der Waals surface area (Å²) in [6, 6.07) is 2.71. The maximum atomic E-state index is 14.5. The number of anilines is 1. The number of rotatable bonds is 5. The zero-order valence-corrected chi connectivity index (χ0v) is 18.8. The fraction of sp³-hybridized carbons (Fsp3) is 0.409. The number of piperidine rings is 1. The number of aryl methyl sites for hydroxylation is 1. The van der Waals surface area contributed by atoms with Crippen LogP contribution in [0.5, 0.6) is 0 Å². The van der Waals surface area contributed by atoms with E-state index >= 15 is 0 Å². The number of carbonyl (C=O) groups is 1. The molecule has 0 aromatic carbocycles. The summed E-state index contributed by atoms with van der Waals surface area (Å²) in [5.41, 5.74) is 0.0447. The van der Waals surface area contributed by atoms with Crippen molar-refractivity contribution in [2.75, 3.05) is 18.4 Å². The topological polar surface area (TPSA) is 88.8 Å². The van der Waals surface area contributed by atoms with Crippen LogP contribution in [0.25, 0.3) is 11.1 Å². The minimum atomic E-state index is -4.58. The zero-order chi connectivity index (χ0) is 25.4. The zero-order valence-electron chi connectivity index (χ0n) is 18.8. The minimum absolute atomic E-state index is 0.00109. The molecule has 0 aliphatic carbocycles. The van der Waals surface area contributed by atoms with E-state index in [2.05, 4.69) is 25.4 Å². The smallest absolute Gasteiger partial charge is 0.352 e. The maximum absolute atomic E-state index is 14.5. The molecule has 186 valence electrons. The number of hydrogen-bond donors (Lipinski definition) is 1. The number of likely N-dealkylation sites (tertiary alicyclic amines) is 1. The molecule has 3 aromatic heterocycles. The molecule has 2 unspecified atom stereocenters. The van der Waals surface area contributed by atoms with E-state index in [0.717, 1.165) is 4.90 Å².